The van der Waals surface area contributed by atoms with Crippen LogP contribution in [0.2, 0.25) is 0 Å². The Bertz CT molecular complexity index is 2470. The lowest BCUT2D eigenvalue weighted by Gasteiger charge is -2.41. The van der Waals surface area contributed by atoms with E-state index in [-0.39, 0.29) is 85.2 Å². The summed E-state index contributed by atoms with van der Waals surface area (Å²) in [6.07, 6.45) is 19.8. The molecule has 0 N–H and O–H groups in total. The average molecular weight is 1510 g/mol. The van der Waals surface area contributed by atoms with Crippen LogP contribution in [0.4, 0.5) is 0 Å². The number of ether oxygens (including phenoxy) is 18. The first-order valence-corrected chi connectivity index (χ1v) is 38.1. The molecule has 0 aliphatic carbocycles. The fraction of sp³-hybridized carbons (Fsp3) is 0.780. The fourth-order valence-electron chi connectivity index (χ4n) is 10.9. The molecule has 6 aliphatic rings. The summed E-state index contributed by atoms with van der Waals surface area (Å²) in [6.45, 7) is 65.9. The molecule has 0 atom stereocenters. The summed E-state index contributed by atoms with van der Waals surface area (Å²) in [5.74, 6) is -2.24. The molecular weight excluding hydrogens is 1370 g/mol. The fourth-order valence-corrected chi connectivity index (χ4v) is 10.9. The molecule has 0 amide bonds. The largest absolute Gasteiger partial charge is 0.463 e. The Morgan fingerprint density at radius 2 is 0.491 bits per heavy atom. The molecular formula is C82H140O24. The van der Waals surface area contributed by atoms with Crippen LogP contribution in [0.25, 0.3) is 0 Å². The average Bonchev–Trinajstić information content (AvgIpc) is 0.853. The zero-order chi connectivity index (χ0) is 79.3. The Morgan fingerprint density at radius 1 is 0.274 bits per heavy atom. The molecule has 0 saturated carbocycles. The normalized spacial score (nSPS) is 17.5. The summed E-state index contributed by atoms with van der Waals surface area (Å²) < 4.78 is 95.0. The molecule has 0 aromatic heterocycles. The summed E-state index contributed by atoms with van der Waals surface area (Å²) in [6, 6.07) is 0. The summed E-state index contributed by atoms with van der Waals surface area (Å²) in [5, 5.41) is 0. The first kappa shape index (κ1) is 98.8. The maximum atomic E-state index is 11.2. The van der Waals surface area contributed by atoms with Crippen LogP contribution < -0.4 is 0 Å². The molecule has 6 aliphatic heterocycles. The van der Waals surface area contributed by atoms with Gasteiger partial charge in [-0.2, -0.15) is 0 Å². The van der Waals surface area contributed by atoms with Crippen LogP contribution in [-0.4, -0.2) is 234 Å². The van der Waals surface area contributed by atoms with Gasteiger partial charge in [0.05, 0.1) is 172 Å². The highest BCUT2D eigenvalue weighted by molar-refractivity contribution is 5.82. The van der Waals surface area contributed by atoms with Crippen molar-refractivity contribution in [2.24, 2.45) is 48.7 Å². The lowest BCUT2D eigenvalue weighted by atomic mass is 9.76. The van der Waals surface area contributed by atoms with E-state index in [1.807, 2.05) is 13.8 Å². The molecule has 6 rings (SSSR count). The maximum absolute atomic E-state index is 11.2. The zero-order valence-electron chi connectivity index (χ0n) is 67.4. The number of carbonyl (C=O) groups is 6. The molecule has 0 bridgehead atoms. The standard InChI is InChI=1S/C18H32O4.2C14H24O4.C13H22O4.C12H20O4.C11H18O4/c1-7-15(19)22-11-17(5,6)9-16(3,4)10-20-12-18(8-2)13-21-14-18;1-5-12(15)18-8-13(3,4)7-16-9-14(6-2)10-17-11-14;1-3-13(15)18-9-7-5-6-8-16-10-14(4-2)11-17-12-14;1-3-12(14)17-8-6-5-7-15-9-13(4-2)10-16-11-13;1-3-11(13)16-7-5-6-14-8-12(4-2)9-15-10-12;1-3-10(12)15-6-5-13-7-11(4-2)8-14-9-11/h7H,1,8-14H2,2-6H3;5H,1,6-11H2,2-4H3;3H,1,4-12H2,2H3;3H,1,4-11H2,2H3;3H,1,4-10H2,2H3;3H,1,4-9H2,2H3. The Morgan fingerprint density at radius 3 is 0.783 bits per heavy atom. The topological polar surface area (TPSA) is 269 Å². The zero-order valence-corrected chi connectivity index (χ0v) is 67.4. The van der Waals surface area contributed by atoms with Gasteiger partial charge in [-0.3, -0.25) is 0 Å². The van der Waals surface area contributed by atoms with Crippen molar-refractivity contribution < 1.29 is 114 Å². The minimum atomic E-state index is -0.407. The lowest BCUT2D eigenvalue weighted by Crippen LogP contribution is -2.46. The van der Waals surface area contributed by atoms with Crippen LogP contribution in [0.3, 0.4) is 0 Å². The number of hydrogen-bond acceptors (Lipinski definition) is 24. The van der Waals surface area contributed by atoms with E-state index in [9.17, 15) is 28.8 Å². The molecule has 6 saturated heterocycles. The third-order valence-electron chi connectivity index (χ3n) is 19.3. The predicted molar refractivity (Wildman–Crippen MR) is 407 cm³/mol. The number of hydrogen-bond donors (Lipinski definition) is 0. The number of carbonyl (C=O) groups excluding carboxylic acids is 6. The second-order valence-electron chi connectivity index (χ2n) is 31.2. The second-order valence-corrected chi connectivity index (χ2v) is 31.2. The van der Waals surface area contributed by atoms with E-state index in [1.54, 1.807) is 0 Å². The molecule has 106 heavy (non-hydrogen) atoms. The van der Waals surface area contributed by atoms with E-state index < -0.39 is 5.97 Å². The van der Waals surface area contributed by atoms with Gasteiger partial charge in [-0.15, -0.1) is 0 Å². The van der Waals surface area contributed by atoms with Gasteiger partial charge in [0, 0.05) is 101 Å². The van der Waals surface area contributed by atoms with Gasteiger partial charge >= 0.3 is 35.8 Å². The van der Waals surface area contributed by atoms with Crippen LogP contribution in [0.1, 0.15) is 167 Å². The molecule has 6 fully saturated rings. The SMILES string of the molecule is C=CC(=O)OCC(C)(C)CC(C)(C)COCC1(CC)COC1.C=CC(=O)OCC(C)(C)COCC1(CC)COC1.C=CC(=O)OCCCCCOCC1(CC)COC1.C=CC(=O)OCCCCOCC1(CC)COC1.C=CC(=O)OCCCOCC1(CC)COC1.C=CC(=O)OCCOCC1(CC)COC1. The van der Waals surface area contributed by atoms with E-state index in [0.29, 0.717) is 79.3 Å². The van der Waals surface area contributed by atoms with Crippen molar-refractivity contribution in [3.05, 3.63) is 75.9 Å². The van der Waals surface area contributed by atoms with Crippen molar-refractivity contribution in [2.75, 3.05) is 198 Å². The number of unbranched alkanes of at least 4 members (excludes halogenated alkanes) is 3. The Hall–Kier alpha value is -5.22. The Kier molecular flexibility index (Phi) is 50.7. The highest BCUT2D eigenvalue weighted by atomic mass is 16.6. The van der Waals surface area contributed by atoms with Gasteiger partial charge in [-0.1, -0.05) is 123 Å². The van der Waals surface area contributed by atoms with E-state index in [0.717, 1.165) is 202 Å². The maximum Gasteiger partial charge on any atom is 0.330 e. The van der Waals surface area contributed by atoms with Crippen LogP contribution in [0, 0.1) is 48.7 Å². The predicted octanol–water partition coefficient (Wildman–Crippen LogP) is 12.8. The first-order valence-electron chi connectivity index (χ1n) is 38.1. The van der Waals surface area contributed by atoms with Crippen LogP contribution in [0.5, 0.6) is 0 Å². The van der Waals surface area contributed by atoms with Gasteiger partial charge in [0.15, 0.2) is 0 Å². The molecule has 24 heteroatoms. The molecule has 0 spiro atoms. The Balaban J connectivity index is 0.000000638. The van der Waals surface area contributed by atoms with E-state index in [2.05, 4.69) is 109 Å². The molecule has 0 aromatic rings. The number of esters is 6. The quantitative estimate of drug-likeness (QED) is 0.0237. The van der Waals surface area contributed by atoms with Crippen molar-refractivity contribution in [3.8, 4) is 0 Å². The minimum Gasteiger partial charge on any atom is -0.463 e. The summed E-state index contributed by atoms with van der Waals surface area (Å²) in [7, 11) is 0. The molecule has 0 radical (unpaired) electrons. The highest BCUT2D eigenvalue weighted by Gasteiger charge is 2.42. The summed E-state index contributed by atoms with van der Waals surface area (Å²) in [4.78, 5) is 65.1. The monoisotopic (exact) mass is 1510 g/mol. The summed E-state index contributed by atoms with van der Waals surface area (Å²) in [5.41, 5.74) is 1.16. The van der Waals surface area contributed by atoms with Crippen molar-refractivity contribution in [2.45, 2.75) is 167 Å². The van der Waals surface area contributed by atoms with Gasteiger partial charge in [-0.05, 0) is 87.9 Å². The molecule has 0 unspecified atom stereocenters. The first-order chi connectivity index (χ1) is 50.5. The minimum absolute atomic E-state index is 0.0314. The van der Waals surface area contributed by atoms with Gasteiger partial charge < -0.3 is 85.3 Å². The number of rotatable bonds is 52. The van der Waals surface area contributed by atoms with Crippen LogP contribution in [0.15, 0.2) is 75.9 Å². The van der Waals surface area contributed by atoms with Gasteiger partial charge in [0.2, 0.25) is 0 Å². The van der Waals surface area contributed by atoms with E-state index >= 15 is 0 Å². The third-order valence-corrected chi connectivity index (χ3v) is 19.3. The van der Waals surface area contributed by atoms with Gasteiger partial charge in [-0.25, -0.2) is 28.8 Å². The molecule has 0 aromatic carbocycles. The third kappa shape index (κ3) is 42.7. The lowest BCUT2D eigenvalue weighted by molar-refractivity contribution is -0.160. The Labute approximate surface area is 636 Å². The van der Waals surface area contributed by atoms with Crippen molar-refractivity contribution in [1.82, 2.24) is 0 Å². The van der Waals surface area contributed by atoms with Gasteiger partial charge in [0.25, 0.3) is 0 Å². The van der Waals surface area contributed by atoms with Gasteiger partial charge in [0.1, 0.15) is 6.61 Å². The van der Waals surface area contributed by atoms with Crippen LogP contribution in [-0.2, 0) is 114 Å². The van der Waals surface area contributed by atoms with E-state index in [1.165, 1.54) is 30.4 Å². The molecule has 6 heterocycles. The molecule has 24 nitrogen and oxygen atoms in total. The van der Waals surface area contributed by atoms with Crippen molar-refractivity contribution in [3.63, 3.8) is 0 Å². The molecule has 612 valence electrons. The van der Waals surface area contributed by atoms with Crippen molar-refractivity contribution >= 4 is 35.8 Å². The van der Waals surface area contributed by atoms with Crippen LogP contribution >= 0.6 is 0 Å². The van der Waals surface area contributed by atoms with E-state index in [4.69, 9.17) is 85.3 Å². The second kappa shape index (κ2) is 54.4. The highest BCUT2D eigenvalue weighted by Crippen LogP contribution is 2.38. The smallest absolute Gasteiger partial charge is 0.330 e. The summed E-state index contributed by atoms with van der Waals surface area (Å²) >= 11 is 0. The van der Waals surface area contributed by atoms with Crippen molar-refractivity contribution in [1.29, 1.82) is 0 Å².